The number of carbonyl (C=O) groups excluding carboxylic acids is 2. The molecule has 0 saturated heterocycles. The van der Waals surface area contributed by atoms with Crippen LogP contribution in [0.15, 0.2) is 4.52 Å². The zero-order valence-electron chi connectivity index (χ0n) is 12.7. The number of anilines is 1. The first-order chi connectivity index (χ1) is 11.6. The molecule has 0 unspecified atom stereocenters. The summed E-state index contributed by atoms with van der Waals surface area (Å²) < 4.78 is 75.1. The third-order valence-corrected chi connectivity index (χ3v) is 3.05. The molecule has 2 rings (SSSR count). The summed E-state index contributed by atoms with van der Waals surface area (Å²) in [5, 5.41) is 4.95. The average Bonchev–Trinajstić information content (AvgIpc) is 2.91. The number of nitrogens with zero attached hydrogens (tertiary/aromatic N) is 1. The summed E-state index contributed by atoms with van der Waals surface area (Å²) in [4.78, 5) is 23.3. The summed E-state index contributed by atoms with van der Waals surface area (Å²) >= 11 is 0. The van der Waals surface area contributed by atoms with Crippen LogP contribution in [0.2, 0.25) is 0 Å². The number of rotatable bonds is 4. The minimum atomic E-state index is -2.36. The Hall–Kier alpha value is -2.98. The van der Waals surface area contributed by atoms with Crippen molar-refractivity contribution >= 4 is 17.6 Å². The molecule has 0 aliphatic carbocycles. The van der Waals surface area contributed by atoms with Crippen molar-refractivity contribution in [3.05, 3.63) is 46.1 Å². The van der Waals surface area contributed by atoms with Gasteiger partial charge in [0.05, 0.1) is 5.69 Å². The van der Waals surface area contributed by atoms with Crippen molar-refractivity contribution in [3.63, 3.8) is 0 Å². The molecule has 1 aromatic heterocycles. The molecule has 0 saturated carbocycles. The van der Waals surface area contributed by atoms with Gasteiger partial charge < -0.3 is 14.6 Å². The van der Waals surface area contributed by atoms with Crippen LogP contribution < -0.4 is 5.32 Å². The third-order valence-electron chi connectivity index (χ3n) is 3.05. The van der Waals surface area contributed by atoms with Crippen molar-refractivity contribution in [1.29, 1.82) is 0 Å². The van der Waals surface area contributed by atoms with E-state index in [0.29, 0.717) is 0 Å². The van der Waals surface area contributed by atoms with Crippen LogP contribution in [-0.2, 0) is 9.53 Å². The Balaban J connectivity index is 2.10. The van der Waals surface area contributed by atoms with Crippen LogP contribution in [0.1, 0.15) is 21.8 Å². The van der Waals surface area contributed by atoms with Gasteiger partial charge in [0.15, 0.2) is 29.9 Å². The average molecular weight is 364 g/mol. The van der Waals surface area contributed by atoms with Crippen molar-refractivity contribution in [2.24, 2.45) is 0 Å². The van der Waals surface area contributed by atoms with E-state index < -0.39 is 53.3 Å². The van der Waals surface area contributed by atoms with Gasteiger partial charge in [0.2, 0.25) is 5.82 Å². The molecule has 1 aromatic carbocycles. The van der Waals surface area contributed by atoms with Crippen LogP contribution >= 0.6 is 0 Å². The maximum atomic E-state index is 13.4. The Bertz CT molecular complexity index is 817. The van der Waals surface area contributed by atoms with Crippen LogP contribution in [0.4, 0.5) is 27.6 Å². The van der Waals surface area contributed by atoms with Crippen LogP contribution in [0.3, 0.4) is 0 Å². The van der Waals surface area contributed by atoms with Gasteiger partial charge in [0.25, 0.3) is 5.91 Å². The summed E-state index contributed by atoms with van der Waals surface area (Å²) in [6.45, 7) is 1.80. The molecule has 0 radical (unpaired) electrons. The fourth-order valence-electron chi connectivity index (χ4n) is 1.87. The number of ether oxygens (including phenoxy) is 1. The van der Waals surface area contributed by atoms with Gasteiger partial charge in [-0.05, 0) is 13.8 Å². The summed E-state index contributed by atoms with van der Waals surface area (Å²) in [6.07, 6.45) is 0. The van der Waals surface area contributed by atoms with Gasteiger partial charge in [-0.25, -0.2) is 26.7 Å². The van der Waals surface area contributed by atoms with E-state index in [9.17, 15) is 31.5 Å². The number of halogens is 5. The molecule has 11 heteroatoms. The van der Waals surface area contributed by atoms with Crippen molar-refractivity contribution in [2.75, 3.05) is 11.9 Å². The molecule has 0 atom stereocenters. The molecule has 1 N–H and O–H groups in total. The molecule has 0 bridgehead atoms. The maximum absolute atomic E-state index is 13.4. The number of aromatic nitrogens is 1. The third kappa shape index (κ3) is 3.44. The van der Waals surface area contributed by atoms with Crippen LogP contribution in [0.5, 0.6) is 0 Å². The highest BCUT2D eigenvalue weighted by molar-refractivity contribution is 5.96. The maximum Gasteiger partial charge on any atom is 0.344 e. The lowest BCUT2D eigenvalue weighted by Crippen LogP contribution is -2.23. The first-order valence-corrected chi connectivity index (χ1v) is 6.56. The van der Waals surface area contributed by atoms with Crippen molar-refractivity contribution in [1.82, 2.24) is 5.16 Å². The molecule has 0 aliphatic rings. The number of amides is 1. The standard InChI is InChI=1S/C14H9F5N2O4/c1-4-7(5(2)25-21-4)14(23)24-3-6(22)20-13-11(18)9(16)8(15)10(17)12(13)19/h3H2,1-2H3,(H,20,22). The first kappa shape index (κ1) is 18.4. The minimum Gasteiger partial charge on any atom is -0.452 e. The van der Waals surface area contributed by atoms with E-state index in [4.69, 9.17) is 4.52 Å². The fourth-order valence-corrected chi connectivity index (χ4v) is 1.87. The Labute approximate surface area is 136 Å². The number of carbonyl (C=O) groups is 2. The lowest BCUT2D eigenvalue weighted by molar-refractivity contribution is -0.119. The van der Waals surface area contributed by atoms with Gasteiger partial charge in [0, 0.05) is 0 Å². The van der Waals surface area contributed by atoms with E-state index in [1.807, 2.05) is 0 Å². The Kier molecular flexibility index (Phi) is 5.04. The second kappa shape index (κ2) is 6.87. The van der Waals surface area contributed by atoms with Gasteiger partial charge in [0.1, 0.15) is 17.0 Å². The summed E-state index contributed by atoms with van der Waals surface area (Å²) in [5.41, 5.74) is -1.42. The van der Waals surface area contributed by atoms with Crippen LogP contribution in [-0.4, -0.2) is 23.6 Å². The molecule has 25 heavy (non-hydrogen) atoms. The van der Waals surface area contributed by atoms with Crippen molar-refractivity contribution in [2.45, 2.75) is 13.8 Å². The van der Waals surface area contributed by atoms with Crippen LogP contribution in [0.25, 0.3) is 0 Å². The van der Waals surface area contributed by atoms with Gasteiger partial charge in [-0.1, -0.05) is 5.16 Å². The zero-order chi connectivity index (χ0) is 18.9. The Morgan fingerprint density at radius 2 is 1.52 bits per heavy atom. The normalized spacial score (nSPS) is 10.7. The molecule has 1 heterocycles. The predicted octanol–water partition coefficient (Wildman–Crippen LogP) is 2.78. The number of nitrogens with one attached hydrogen (secondary N) is 1. The number of esters is 1. The van der Waals surface area contributed by atoms with Gasteiger partial charge in [-0.2, -0.15) is 0 Å². The SMILES string of the molecule is Cc1noc(C)c1C(=O)OCC(=O)Nc1c(F)c(F)c(F)c(F)c1F. The summed E-state index contributed by atoms with van der Waals surface area (Å²) in [6, 6.07) is 0. The molecule has 0 aliphatic heterocycles. The monoisotopic (exact) mass is 364 g/mol. The second-order valence-corrected chi connectivity index (χ2v) is 4.77. The number of aryl methyl sites for hydroxylation is 2. The smallest absolute Gasteiger partial charge is 0.344 e. The van der Waals surface area contributed by atoms with E-state index in [2.05, 4.69) is 9.89 Å². The zero-order valence-corrected chi connectivity index (χ0v) is 12.7. The van der Waals surface area contributed by atoms with E-state index >= 15 is 0 Å². The Morgan fingerprint density at radius 1 is 1.00 bits per heavy atom. The lowest BCUT2D eigenvalue weighted by Gasteiger charge is -2.10. The second-order valence-electron chi connectivity index (χ2n) is 4.77. The first-order valence-electron chi connectivity index (χ1n) is 6.56. The number of hydrogen-bond acceptors (Lipinski definition) is 5. The summed E-state index contributed by atoms with van der Waals surface area (Å²) in [7, 11) is 0. The quantitative estimate of drug-likeness (QED) is 0.391. The number of benzene rings is 1. The molecular formula is C14H9F5N2O4. The van der Waals surface area contributed by atoms with Gasteiger partial charge in [-0.15, -0.1) is 0 Å². The van der Waals surface area contributed by atoms with Crippen molar-refractivity contribution < 1.29 is 40.8 Å². The molecule has 6 nitrogen and oxygen atoms in total. The highest BCUT2D eigenvalue weighted by Gasteiger charge is 2.27. The summed E-state index contributed by atoms with van der Waals surface area (Å²) in [5.74, 6) is -13.5. The molecule has 2 aromatic rings. The van der Waals surface area contributed by atoms with Crippen molar-refractivity contribution in [3.8, 4) is 0 Å². The van der Waals surface area contributed by atoms with E-state index in [1.165, 1.54) is 19.2 Å². The van der Waals surface area contributed by atoms with E-state index in [-0.39, 0.29) is 17.0 Å². The minimum absolute atomic E-state index is 0.0518. The highest BCUT2D eigenvalue weighted by atomic mass is 19.2. The van der Waals surface area contributed by atoms with Gasteiger partial charge >= 0.3 is 5.97 Å². The van der Waals surface area contributed by atoms with Gasteiger partial charge in [-0.3, -0.25) is 4.79 Å². The predicted molar refractivity (Wildman–Crippen MR) is 71.1 cm³/mol. The van der Waals surface area contributed by atoms with E-state index in [1.54, 1.807) is 0 Å². The molecule has 0 spiro atoms. The topological polar surface area (TPSA) is 81.4 Å². The molecule has 1 amide bonds. The highest BCUT2D eigenvalue weighted by Crippen LogP contribution is 2.27. The largest absolute Gasteiger partial charge is 0.452 e. The lowest BCUT2D eigenvalue weighted by atomic mass is 10.2. The molecular weight excluding hydrogens is 355 g/mol. The Morgan fingerprint density at radius 3 is 2.00 bits per heavy atom. The molecule has 134 valence electrons. The van der Waals surface area contributed by atoms with Crippen LogP contribution in [0, 0.1) is 42.9 Å². The van der Waals surface area contributed by atoms with E-state index in [0.717, 1.165) is 0 Å². The number of hydrogen-bond donors (Lipinski definition) is 1. The fraction of sp³-hybridized carbons (Fsp3) is 0.214. The molecule has 0 fully saturated rings.